The van der Waals surface area contributed by atoms with Gasteiger partial charge in [-0.05, 0) is 47.9 Å². The van der Waals surface area contributed by atoms with E-state index in [0.29, 0.717) is 39.2 Å². The zero-order valence-corrected chi connectivity index (χ0v) is 20.5. The zero-order chi connectivity index (χ0) is 24.2. The Labute approximate surface area is 209 Å². The van der Waals surface area contributed by atoms with Crippen LogP contribution < -0.4 is 5.32 Å². The first-order valence-corrected chi connectivity index (χ1v) is 12.5. The van der Waals surface area contributed by atoms with Crippen LogP contribution >= 0.6 is 23.2 Å². The molecule has 1 heterocycles. The number of amides is 1. The summed E-state index contributed by atoms with van der Waals surface area (Å²) < 4.78 is 25.1. The number of imidazole rings is 1. The van der Waals surface area contributed by atoms with E-state index in [-0.39, 0.29) is 17.4 Å². The van der Waals surface area contributed by atoms with Crippen molar-refractivity contribution in [1.29, 1.82) is 0 Å². The summed E-state index contributed by atoms with van der Waals surface area (Å²) in [7, 11) is 0. The van der Waals surface area contributed by atoms with Crippen molar-refractivity contribution in [2.75, 3.05) is 6.54 Å². The van der Waals surface area contributed by atoms with Crippen molar-refractivity contribution in [1.82, 2.24) is 14.9 Å². The Morgan fingerprint density at radius 2 is 1.74 bits per heavy atom. The van der Waals surface area contributed by atoms with E-state index in [1.54, 1.807) is 29.0 Å². The van der Waals surface area contributed by atoms with Gasteiger partial charge in [-0.15, -0.1) is 0 Å². The third kappa shape index (κ3) is 5.08. The lowest BCUT2D eigenvalue weighted by molar-refractivity contribution is 0.0951. The van der Waals surface area contributed by atoms with E-state index in [1.807, 2.05) is 55.5 Å². The quantitative estimate of drug-likeness (QED) is 0.324. The van der Waals surface area contributed by atoms with Gasteiger partial charge in [0.05, 0.1) is 21.3 Å². The second-order valence-electron chi connectivity index (χ2n) is 7.43. The Kier molecular flexibility index (Phi) is 7.48. The third-order valence-corrected chi connectivity index (χ3v) is 6.36. The van der Waals surface area contributed by atoms with Crippen molar-refractivity contribution in [3.63, 3.8) is 0 Å². The standard InChI is InChI=1S/C25H21Cl2N3O3S/c1-2-28-25(31)21-14-30(24(29-21)23-19(26)9-6-10-20(23)27)22-12-11-17(13-18(22)15-34(32)33)16-7-4-3-5-8-16/h3-14H,2,15H2,1H3,(H,28,31)(H,32,33)/p-1. The molecule has 4 aromatic rings. The van der Waals surface area contributed by atoms with Crippen LogP contribution in [-0.2, 0) is 16.8 Å². The number of carbonyl (C=O) groups is 1. The molecule has 174 valence electrons. The van der Waals surface area contributed by atoms with Gasteiger partial charge in [-0.25, -0.2) is 4.98 Å². The summed E-state index contributed by atoms with van der Waals surface area (Å²) in [5, 5.41) is 3.45. The van der Waals surface area contributed by atoms with E-state index in [9.17, 15) is 13.6 Å². The number of hydrogen-bond acceptors (Lipinski definition) is 4. The highest BCUT2D eigenvalue weighted by Crippen LogP contribution is 2.36. The molecule has 1 aromatic heterocycles. The van der Waals surface area contributed by atoms with Crippen molar-refractivity contribution >= 4 is 40.2 Å². The average Bonchev–Trinajstić information content (AvgIpc) is 3.24. The molecule has 0 saturated carbocycles. The van der Waals surface area contributed by atoms with Gasteiger partial charge in [0, 0.05) is 18.5 Å². The van der Waals surface area contributed by atoms with Crippen LogP contribution in [0.15, 0.2) is 72.9 Å². The molecule has 1 N–H and O–H groups in total. The molecule has 34 heavy (non-hydrogen) atoms. The maximum absolute atomic E-state index is 12.6. The Balaban J connectivity index is 1.95. The lowest BCUT2D eigenvalue weighted by Crippen LogP contribution is -2.22. The minimum atomic E-state index is -2.35. The van der Waals surface area contributed by atoms with E-state index < -0.39 is 11.1 Å². The number of nitrogens with zero attached hydrogens (tertiary/aromatic N) is 2. The number of carbonyl (C=O) groups excluding carboxylic acids is 1. The van der Waals surface area contributed by atoms with Crippen LogP contribution in [-0.4, -0.2) is 30.8 Å². The molecule has 0 saturated heterocycles. The van der Waals surface area contributed by atoms with Crippen LogP contribution in [0.4, 0.5) is 0 Å². The molecule has 0 aliphatic carbocycles. The largest absolute Gasteiger partial charge is 0.772 e. The summed E-state index contributed by atoms with van der Waals surface area (Å²) in [6.45, 7) is 2.24. The van der Waals surface area contributed by atoms with Gasteiger partial charge in [-0.3, -0.25) is 13.6 Å². The smallest absolute Gasteiger partial charge is 0.271 e. The highest BCUT2D eigenvalue weighted by molar-refractivity contribution is 7.78. The number of aromatic nitrogens is 2. The van der Waals surface area contributed by atoms with Gasteiger partial charge >= 0.3 is 0 Å². The van der Waals surface area contributed by atoms with Gasteiger partial charge in [-0.2, -0.15) is 0 Å². The lowest BCUT2D eigenvalue weighted by Gasteiger charge is -2.17. The normalized spacial score (nSPS) is 11.9. The van der Waals surface area contributed by atoms with Crippen molar-refractivity contribution in [2.45, 2.75) is 12.7 Å². The molecule has 9 heteroatoms. The molecule has 0 fully saturated rings. The summed E-state index contributed by atoms with van der Waals surface area (Å²) in [4.78, 5) is 17.1. The summed E-state index contributed by atoms with van der Waals surface area (Å²) in [6.07, 6.45) is 1.56. The molecular weight excluding hydrogens is 493 g/mol. The highest BCUT2D eigenvalue weighted by atomic mass is 35.5. The van der Waals surface area contributed by atoms with Crippen LogP contribution in [0.1, 0.15) is 23.0 Å². The first kappa shape index (κ1) is 24.2. The van der Waals surface area contributed by atoms with Crippen molar-refractivity contribution < 1.29 is 13.6 Å². The Hall–Kier alpha value is -2.97. The first-order chi connectivity index (χ1) is 16.4. The van der Waals surface area contributed by atoms with Crippen molar-refractivity contribution in [3.8, 4) is 28.2 Å². The molecule has 3 aromatic carbocycles. The van der Waals surface area contributed by atoms with Gasteiger partial charge in [0.2, 0.25) is 0 Å². The molecule has 0 aliphatic heterocycles. The highest BCUT2D eigenvalue weighted by Gasteiger charge is 2.22. The van der Waals surface area contributed by atoms with E-state index in [0.717, 1.165) is 11.1 Å². The number of nitrogens with one attached hydrogen (secondary N) is 1. The minimum Gasteiger partial charge on any atom is -0.772 e. The van der Waals surface area contributed by atoms with Gasteiger partial charge in [0.25, 0.3) is 5.91 Å². The number of hydrogen-bond donors (Lipinski definition) is 1. The van der Waals surface area contributed by atoms with Crippen LogP contribution in [0.25, 0.3) is 28.2 Å². The fourth-order valence-electron chi connectivity index (χ4n) is 3.69. The van der Waals surface area contributed by atoms with Gasteiger partial charge < -0.3 is 9.87 Å². The third-order valence-electron chi connectivity index (χ3n) is 5.18. The topological polar surface area (TPSA) is 87.0 Å². The second kappa shape index (κ2) is 10.5. The SMILES string of the molecule is CCNC(=O)c1cn(-c2ccc(-c3ccccc3)cc2CS(=O)[O-])c(-c2c(Cl)cccc2Cl)n1. The van der Waals surface area contributed by atoms with E-state index in [1.165, 1.54) is 0 Å². The molecule has 0 radical (unpaired) electrons. The zero-order valence-electron chi connectivity index (χ0n) is 18.1. The summed E-state index contributed by atoms with van der Waals surface area (Å²) in [5.74, 6) is -0.247. The molecule has 0 bridgehead atoms. The average molecular weight is 513 g/mol. The summed E-state index contributed by atoms with van der Waals surface area (Å²) in [6, 6.07) is 20.3. The van der Waals surface area contributed by atoms with Crippen molar-refractivity contribution in [3.05, 3.63) is 94.2 Å². The van der Waals surface area contributed by atoms with Gasteiger partial charge in [-0.1, -0.05) is 76.7 Å². The lowest BCUT2D eigenvalue weighted by atomic mass is 10.0. The number of benzene rings is 3. The molecule has 4 rings (SSSR count). The second-order valence-corrected chi connectivity index (χ2v) is 9.14. The van der Waals surface area contributed by atoms with Crippen LogP contribution in [0.5, 0.6) is 0 Å². The van der Waals surface area contributed by atoms with Crippen LogP contribution in [0, 0.1) is 0 Å². The van der Waals surface area contributed by atoms with E-state index >= 15 is 0 Å². The van der Waals surface area contributed by atoms with E-state index in [4.69, 9.17) is 23.2 Å². The Bertz CT molecular complexity index is 1350. The van der Waals surface area contributed by atoms with Gasteiger partial charge in [0.1, 0.15) is 11.5 Å². The molecule has 0 spiro atoms. The predicted octanol–water partition coefficient (Wildman–Crippen LogP) is 5.64. The first-order valence-electron chi connectivity index (χ1n) is 10.5. The maximum atomic E-state index is 12.6. The summed E-state index contributed by atoms with van der Waals surface area (Å²) >= 11 is 10.6. The van der Waals surface area contributed by atoms with Crippen LogP contribution in [0.3, 0.4) is 0 Å². The Morgan fingerprint density at radius 1 is 1.03 bits per heavy atom. The minimum absolute atomic E-state index is 0.161. The van der Waals surface area contributed by atoms with Crippen LogP contribution in [0.2, 0.25) is 10.0 Å². The molecular formula is C25H20Cl2N3O3S-. The van der Waals surface area contributed by atoms with E-state index in [2.05, 4.69) is 10.3 Å². The fourth-order valence-corrected chi connectivity index (χ4v) is 4.74. The monoisotopic (exact) mass is 512 g/mol. The van der Waals surface area contributed by atoms with Crippen molar-refractivity contribution in [2.24, 2.45) is 0 Å². The number of halogens is 2. The molecule has 6 nitrogen and oxygen atoms in total. The molecule has 1 unspecified atom stereocenters. The predicted molar refractivity (Wildman–Crippen MR) is 135 cm³/mol. The molecule has 0 aliphatic rings. The number of rotatable bonds is 7. The fraction of sp³-hybridized carbons (Fsp3) is 0.120. The van der Waals surface area contributed by atoms with Gasteiger partial charge in [0.15, 0.2) is 0 Å². The molecule has 1 amide bonds. The molecule has 1 atom stereocenters. The Morgan fingerprint density at radius 3 is 2.38 bits per heavy atom. The maximum Gasteiger partial charge on any atom is 0.271 e. The summed E-state index contributed by atoms with van der Waals surface area (Å²) in [5.41, 5.74) is 3.52.